The minimum absolute atomic E-state index is 0.0859. The summed E-state index contributed by atoms with van der Waals surface area (Å²) in [6, 6.07) is 4.47. The van der Waals surface area contributed by atoms with Crippen molar-refractivity contribution in [2.75, 3.05) is 25.0 Å². The van der Waals surface area contributed by atoms with Gasteiger partial charge in [0.05, 0.1) is 0 Å². The molecule has 3 nitrogen and oxygen atoms in total. The number of anilines is 1. The van der Waals surface area contributed by atoms with Crippen LogP contribution in [-0.4, -0.2) is 25.1 Å². The van der Waals surface area contributed by atoms with E-state index in [-0.39, 0.29) is 5.41 Å². The van der Waals surface area contributed by atoms with Gasteiger partial charge in [0.15, 0.2) is 0 Å². The number of rotatable bonds is 7. The van der Waals surface area contributed by atoms with Gasteiger partial charge in [-0.05, 0) is 37.6 Å². The van der Waals surface area contributed by atoms with Crippen LogP contribution in [0.4, 0.5) is 5.82 Å². The number of pyridine rings is 1. The molecule has 114 valence electrons. The van der Waals surface area contributed by atoms with E-state index in [1.165, 1.54) is 11.3 Å². The maximum Gasteiger partial charge on any atom is 0.129 e. The highest BCUT2D eigenvalue weighted by atomic mass is 15.2. The molecule has 1 aromatic rings. The Morgan fingerprint density at radius 1 is 1.10 bits per heavy atom. The molecular formula is C17H31N3. The second kappa shape index (κ2) is 7.63. The quantitative estimate of drug-likeness (QED) is 0.823. The van der Waals surface area contributed by atoms with Gasteiger partial charge in [0, 0.05) is 30.7 Å². The van der Waals surface area contributed by atoms with Crippen LogP contribution < -0.4 is 10.2 Å². The normalized spacial score (nSPS) is 11.7. The molecule has 1 rings (SSSR count). The van der Waals surface area contributed by atoms with Crippen molar-refractivity contribution in [3.63, 3.8) is 0 Å². The average Bonchev–Trinajstić information content (AvgIpc) is 2.37. The Morgan fingerprint density at radius 2 is 1.70 bits per heavy atom. The van der Waals surface area contributed by atoms with E-state index >= 15 is 0 Å². The fourth-order valence-corrected chi connectivity index (χ4v) is 2.30. The lowest BCUT2D eigenvalue weighted by atomic mass is 9.90. The SMILES string of the molecule is CCCN(CCC)c1cc(CNC)cc(C(C)(C)C)n1. The van der Waals surface area contributed by atoms with Gasteiger partial charge in [-0.15, -0.1) is 0 Å². The summed E-state index contributed by atoms with van der Waals surface area (Å²) < 4.78 is 0. The molecule has 0 unspecified atom stereocenters. The van der Waals surface area contributed by atoms with Crippen LogP contribution in [0.15, 0.2) is 12.1 Å². The molecule has 1 N–H and O–H groups in total. The lowest BCUT2D eigenvalue weighted by Gasteiger charge is -2.26. The summed E-state index contributed by atoms with van der Waals surface area (Å²) in [7, 11) is 1.99. The van der Waals surface area contributed by atoms with Crippen LogP contribution in [0.25, 0.3) is 0 Å². The van der Waals surface area contributed by atoms with E-state index < -0.39 is 0 Å². The number of nitrogens with one attached hydrogen (secondary N) is 1. The maximum absolute atomic E-state index is 4.92. The molecule has 0 saturated heterocycles. The highest BCUT2D eigenvalue weighted by Crippen LogP contribution is 2.25. The van der Waals surface area contributed by atoms with Crippen LogP contribution in [0, 0.1) is 0 Å². The molecule has 0 amide bonds. The van der Waals surface area contributed by atoms with E-state index in [0.717, 1.165) is 38.3 Å². The summed E-state index contributed by atoms with van der Waals surface area (Å²) in [5.41, 5.74) is 2.58. The molecule has 3 heteroatoms. The monoisotopic (exact) mass is 277 g/mol. The van der Waals surface area contributed by atoms with Crippen molar-refractivity contribution in [2.24, 2.45) is 0 Å². The first-order chi connectivity index (χ1) is 9.42. The average molecular weight is 277 g/mol. The van der Waals surface area contributed by atoms with Gasteiger partial charge < -0.3 is 10.2 Å². The molecule has 1 aromatic heterocycles. The summed E-state index contributed by atoms with van der Waals surface area (Å²) in [5.74, 6) is 1.13. The molecule has 0 saturated carbocycles. The van der Waals surface area contributed by atoms with Gasteiger partial charge in [0.2, 0.25) is 0 Å². The molecule has 0 radical (unpaired) electrons. The van der Waals surface area contributed by atoms with Crippen molar-refractivity contribution in [1.29, 1.82) is 0 Å². The molecule has 20 heavy (non-hydrogen) atoms. The van der Waals surface area contributed by atoms with E-state index in [9.17, 15) is 0 Å². The molecule has 0 fully saturated rings. The van der Waals surface area contributed by atoms with Gasteiger partial charge >= 0.3 is 0 Å². The Labute approximate surface area is 124 Å². The Kier molecular flexibility index (Phi) is 6.47. The van der Waals surface area contributed by atoms with Crippen molar-refractivity contribution in [2.45, 2.75) is 59.4 Å². The number of nitrogens with zero attached hydrogens (tertiary/aromatic N) is 2. The van der Waals surface area contributed by atoms with E-state index in [0.29, 0.717) is 0 Å². The summed E-state index contributed by atoms with van der Waals surface area (Å²) >= 11 is 0. The Bertz CT molecular complexity index is 401. The first-order valence-electron chi connectivity index (χ1n) is 7.83. The minimum Gasteiger partial charge on any atom is -0.357 e. The predicted octanol–water partition coefficient (Wildman–Crippen LogP) is 3.72. The smallest absolute Gasteiger partial charge is 0.129 e. The number of hydrogen-bond donors (Lipinski definition) is 1. The van der Waals surface area contributed by atoms with Crippen LogP contribution in [0.5, 0.6) is 0 Å². The van der Waals surface area contributed by atoms with Gasteiger partial charge in [-0.25, -0.2) is 4.98 Å². The molecule has 0 aliphatic heterocycles. The summed E-state index contributed by atoms with van der Waals surface area (Å²) in [5, 5.41) is 3.25. The lowest BCUT2D eigenvalue weighted by molar-refractivity contribution is 0.565. The van der Waals surface area contributed by atoms with Gasteiger partial charge in [-0.2, -0.15) is 0 Å². The lowest BCUT2D eigenvalue weighted by Crippen LogP contribution is -2.27. The van der Waals surface area contributed by atoms with Crippen LogP contribution >= 0.6 is 0 Å². The minimum atomic E-state index is 0.0859. The number of aromatic nitrogens is 1. The summed E-state index contributed by atoms with van der Waals surface area (Å²) in [6.45, 7) is 14.2. The summed E-state index contributed by atoms with van der Waals surface area (Å²) in [4.78, 5) is 7.33. The van der Waals surface area contributed by atoms with Crippen molar-refractivity contribution < 1.29 is 0 Å². The highest BCUT2D eigenvalue weighted by Gasteiger charge is 2.18. The van der Waals surface area contributed by atoms with Crippen molar-refractivity contribution in [3.05, 3.63) is 23.4 Å². The largest absolute Gasteiger partial charge is 0.357 e. The van der Waals surface area contributed by atoms with Gasteiger partial charge in [0.25, 0.3) is 0 Å². The zero-order valence-corrected chi connectivity index (χ0v) is 14.1. The van der Waals surface area contributed by atoms with E-state index in [1.807, 2.05) is 7.05 Å². The molecule has 0 aliphatic rings. The number of hydrogen-bond acceptors (Lipinski definition) is 3. The van der Waals surface area contributed by atoms with Crippen molar-refractivity contribution in [3.8, 4) is 0 Å². The van der Waals surface area contributed by atoms with Gasteiger partial charge in [0.1, 0.15) is 5.82 Å². The van der Waals surface area contributed by atoms with E-state index in [4.69, 9.17) is 4.98 Å². The molecule has 0 aromatic carbocycles. The van der Waals surface area contributed by atoms with Crippen molar-refractivity contribution in [1.82, 2.24) is 10.3 Å². The molecule has 0 aliphatic carbocycles. The molecule has 1 heterocycles. The third-order valence-corrected chi connectivity index (χ3v) is 3.33. The van der Waals surface area contributed by atoms with Gasteiger partial charge in [-0.3, -0.25) is 0 Å². The zero-order valence-electron chi connectivity index (χ0n) is 14.1. The first-order valence-corrected chi connectivity index (χ1v) is 7.83. The molecule has 0 bridgehead atoms. The topological polar surface area (TPSA) is 28.2 Å². The van der Waals surface area contributed by atoms with Crippen LogP contribution in [0.1, 0.15) is 58.7 Å². The predicted molar refractivity (Wildman–Crippen MR) is 88.5 cm³/mol. The molecule has 0 spiro atoms. The maximum atomic E-state index is 4.92. The Balaban J connectivity index is 3.18. The van der Waals surface area contributed by atoms with Crippen LogP contribution in [-0.2, 0) is 12.0 Å². The van der Waals surface area contributed by atoms with Crippen LogP contribution in [0.2, 0.25) is 0 Å². The third kappa shape index (κ3) is 4.78. The standard InChI is InChI=1S/C17H31N3/c1-7-9-20(10-8-2)16-12-14(13-18-6)11-15(19-16)17(3,4)5/h11-12,18H,7-10,13H2,1-6H3. The molecular weight excluding hydrogens is 246 g/mol. The third-order valence-electron chi connectivity index (χ3n) is 3.33. The Hall–Kier alpha value is -1.09. The van der Waals surface area contributed by atoms with Crippen LogP contribution in [0.3, 0.4) is 0 Å². The van der Waals surface area contributed by atoms with Crippen molar-refractivity contribution >= 4 is 5.82 Å². The van der Waals surface area contributed by atoms with E-state index in [1.54, 1.807) is 0 Å². The Morgan fingerprint density at radius 3 is 2.15 bits per heavy atom. The fourth-order valence-electron chi connectivity index (χ4n) is 2.30. The van der Waals surface area contributed by atoms with E-state index in [2.05, 4.69) is 57.0 Å². The summed E-state index contributed by atoms with van der Waals surface area (Å²) in [6.07, 6.45) is 2.31. The first kappa shape index (κ1) is 17.0. The van der Waals surface area contributed by atoms with Gasteiger partial charge in [-0.1, -0.05) is 34.6 Å². The molecule has 0 atom stereocenters. The zero-order chi connectivity index (χ0) is 15.2. The second-order valence-electron chi connectivity index (χ2n) is 6.49. The fraction of sp³-hybridized carbons (Fsp3) is 0.706. The second-order valence-corrected chi connectivity index (χ2v) is 6.49. The highest BCUT2D eigenvalue weighted by molar-refractivity contribution is 5.44.